The average Bonchev–Trinajstić information content (AvgIpc) is 2.40. The van der Waals surface area contributed by atoms with Gasteiger partial charge in [0.05, 0.1) is 10.7 Å². The van der Waals surface area contributed by atoms with Crippen molar-refractivity contribution in [2.45, 2.75) is 13.8 Å². The third-order valence-electron chi connectivity index (χ3n) is 2.75. The number of para-hydroxylation sites is 1. The minimum atomic E-state index is 0.411. The molecule has 2 aromatic rings. The van der Waals surface area contributed by atoms with Crippen molar-refractivity contribution >= 4 is 11.4 Å². The van der Waals surface area contributed by atoms with E-state index in [1.807, 2.05) is 56.3 Å². The van der Waals surface area contributed by atoms with Crippen molar-refractivity contribution in [3.05, 3.63) is 64.9 Å². The molecule has 0 unspecified atom stereocenters. The molecule has 2 rings (SSSR count). The van der Waals surface area contributed by atoms with Gasteiger partial charge in [-0.25, -0.2) is 5.43 Å². The summed E-state index contributed by atoms with van der Waals surface area (Å²) in [5.41, 5.74) is 8.76. The molecule has 0 spiro atoms. The Bertz CT molecular complexity index is 596. The van der Waals surface area contributed by atoms with E-state index >= 15 is 0 Å². The van der Waals surface area contributed by atoms with Crippen molar-refractivity contribution in [2.75, 3.05) is 5.43 Å². The summed E-state index contributed by atoms with van der Waals surface area (Å²) in [5.74, 6) is 0. The van der Waals surface area contributed by atoms with Crippen molar-refractivity contribution in [1.82, 2.24) is 5.53 Å². The number of rotatable bonds is 4. The Hall–Kier alpha value is -2.56. The monoisotopic (exact) mass is 256 g/mol. The highest BCUT2D eigenvalue weighted by Crippen LogP contribution is 2.17. The lowest BCUT2D eigenvalue weighted by atomic mass is 10.2. The highest BCUT2D eigenvalue weighted by molar-refractivity contribution is 5.49. The van der Waals surface area contributed by atoms with Gasteiger partial charge in [-0.05, 0) is 37.1 Å². The molecule has 5 heteroatoms. The highest BCUT2D eigenvalue weighted by Gasteiger charge is 2.01. The van der Waals surface area contributed by atoms with Gasteiger partial charge in [-0.3, -0.25) is 0 Å². The third-order valence-corrected chi connectivity index (χ3v) is 2.75. The molecule has 0 bridgehead atoms. The molecule has 0 atom stereocenters. The van der Waals surface area contributed by atoms with Gasteiger partial charge in [-0.2, -0.15) is 0 Å². The van der Waals surface area contributed by atoms with Gasteiger partial charge in [-0.1, -0.05) is 41.9 Å². The van der Waals surface area contributed by atoms with Crippen LogP contribution in [0.4, 0.5) is 11.4 Å². The van der Waals surface area contributed by atoms with Crippen molar-refractivity contribution in [1.29, 1.82) is 0 Å². The van der Waals surface area contributed by atoms with Gasteiger partial charge in [0.2, 0.25) is 0 Å². The van der Waals surface area contributed by atoms with Crippen LogP contribution in [0.5, 0.6) is 0 Å². The fraction of sp³-hybridized carbons (Fsp3) is 0.143. The summed E-state index contributed by atoms with van der Waals surface area (Å²) in [6, 6.07) is 15.1. The first-order valence-corrected chi connectivity index (χ1v) is 5.98. The zero-order valence-electron chi connectivity index (χ0n) is 10.9. The summed E-state index contributed by atoms with van der Waals surface area (Å²) in [7, 11) is 0. The Balaban J connectivity index is 2.04. The molecule has 0 heterocycles. The van der Waals surface area contributed by atoms with E-state index in [-0.39, 0.29) is 0 Å². The molecular formula is C14H16N4O. The van der Waals surface area contributed by atoms with E-state index in [1.54, 1.807) is 6.07 Å². The summed E-state index contributed by atoms with van der Waals surface area (Å²) >= 11 is 0. The summed E-state index contributed by atoms with van der Waals surface area (Å²) < 4.78 is 0. The molecule has 0 radical (unpaired) electrons. The number of aryl methyl sites for hydroxylation is 2. The Kier molecular flexibility index (Phi) is 3.97. The fourth-order valence-electron chi connectivity index (χ4n) is 1.62. The van der Waals surface area contributed by atoms with Crippen LogP contribution >= 0.6 is 0 Å². The summed E-state index contributed by atoms with van der Waals surface area (Å²) in [6.07, 6.45) is 0. The largest absolute Gasteiger partial charge is 0.570 e. The zero-order chi connectivity index (χ0) is 13.7. The smallest absolute Gasteiger partial charge is 0.137 e. The summed E-state index contributed by atoms with van der Waals surface area (Å²) in [5, 5.41) is 15.5. The van der Waals surface area contributed by atoms with Gasteiger partial charge < -0.3 is 5.21 Å². The van der Waals surface area contributed by atoms with Crippen LogP contribution in [0.2, 0.25) is 0 Å². The Morgan fingerprint density at radius 3 is 2.26 bits per heavy atom. The van der Waals surface area contributed by atoms with Crippen LogP contribution < -0.4 is 11.0 Å². The zero-order valence-corrected chi connectivity index (χ0v) is 10.9. The second kappa shape index (κ2) is 5.86. The summed E-state index contributed by atoms with van der Waals surface area (Å²) in [4.78, 5) is 0.411. The van der Waals surface area contributed by atoms with Crippen LogP contribution in [0, 0.1) is 19.1 Å². The fourth-order valence-corrected chi connectivity index (χ4v) is 1.62. The number of hydrogen-bond donors (Lipinski definition) is 2. The first-order chi connectivity index (χ1) is 9.16. The second-order valence-corrected chi connectivity index (χ2v) is 4.21. The lowest BCUT2D eigenvalue weighted by Crippen LogP contribution is -2.29. The van der Waals surface area contributed by atoms with Crippen LogP contribution in [0.25, 0.3) is 0 Å². The molecule has 0 amide bonds. The first-order valence-electron chi connectivity index (χ1n) is 5.98. The SMILES string of the molecule is Cc1ccccc1N=[N+]([O-])NNc1ccccc1C. The third kappa shape index (κ3) is 3.45. The average molecular weight is 256 g/mol. The molecule has 98 valence electrons. The minimum Gasteiger partial charge on any atom is -0.570 e. The molecule has 2 N–H and O–H groups in total. The number of anilines is 1. The maximum absolute atomic E-state index is 11.6. The van der Waals surface area contributed by atoms with Crippen molar-refractivity contribution in [3.8, 4) is 0 Å². The number of benzene rings is 2. The predicted octanol–water partition coefficient (Wildman–Crippen LogP) is 3.43. The molecule has 0 aliphatic heterocycles. The van der Waals surface area contributed by atoms with Gasteiger partial charge in [-0.15, -0.1) is 0 Å². The van der Waals surface area contributed by atoms with E-state index < -0.39 is 0 Å². The molecular weight excluding hydrogens is 240 g/mol. The second-order valence-electron chi connectivity index (χ2n) is 4.21. The van der Waals surface area contributed by atoms with Gasteiger partial charge in [0.15, 0.2) is 0 Å². The first kappa shape index (κ1) is 12.9. The molecule has 0 aliphatic rings. The standard InChI is InChI=1S/C14H16N4O/c1-11-7-3-5-9-13(11)15-17-18(19)16-14-10-6-4-8-12(14)2/h3-10,15H,1-2H3,(H,16,17). The van der Waals surface area contributed by atoms with Crippen LogP contribution in [0.1, 0.15) is 11.1 Å². The van der Waals surface area contributed by atoms with E-state index in [1.165, 1.54) is 0 Å². The van der Waals surface area contributed by atoms with Gasteiger partial charge >= 0.3 is 0 Å². The maximum Gasteiger partial charge on any atom is 0.137 e. The molecule has 0 saturated carbocycles. The number of hydrazine groups is 2. The van der Waals surface area contributed by atoms with E-state index in [2.05, 4.69) is 16.1 Å². The van der Waals surface area contributed by atoms with Crippen molar-refractivity contribution in [3.63, 3.8) is 0 Å². The summed E-state index contributed by atoms with van der Waals surface area (Å²) in [6.45, 7) is 3.86. The number of nitrogens with zero attached hydrogens (tertiary/aromatic N) is 2. The van der Waals surface area contributed by atoms with E-state index in [4.69, 9.17) is 0 Å². The Morgan fingerprint density at radius 2 is 1.58 bits per heavy atom. The van der Waals surface area contributed by atoms with Crippen LogP contribution in [-0.4, -0.2) is 4.97 Å². The Morgan fingerprint density at radius 1 is 0.947 bits per heavy atom. The van der Waals surface area contributed by atoms with E-state index in [9.17, 15) is 5.21 Å². The molecule has 0 aliphatic carbocycles. The lowest BCUT2D eigenvalue weighted by Gasteiger charge is -2.08. The van der Waals surface area contributed by atoms with Crippen LogP contribution in [0.15, 0.2) is 53.6 Å². The number of hydrogen-bond acceptors (Lipinski definition) is 3. The topological polar surface area (TPSA) is 62.5 Å². The van der Waals surface area contributed by atoms with Crippen molar-refractivity contribution < 1.29 is 4.97 Å². The molecule has 2 aromatic carbocycles. The van der Waals surface area contributed by atoms with Gasteiger partial charge in [0, 0.05) is 5.11 Å². The predicted molar refractivity (Wildman–Crippen MR) is 74.8 cm³/mol. The van der Waals surface area contributed by atoms with Crippen molar-refractivity contribution in [2.24, 2.45) is 5.11 Å². The molecule has 0 fully saturated rings. The van der Waals surface area contributed by atoms with Crippen LogP contribution in [0.3, 0.4) is 0 Å². The molecule has 0 saturated heterocycles. The lowest BCUT2D eigenvalue weighted by molar-refractivity contribution is -0.580. The quantitative estimate of drug-likeness (QED) is 0.500. The van der Waals surface area contributed by atoms with Crippen LogP contribution in [-0.2, 0) is 0 Å². The Labute approximate surface area is 112 Å². The van der Waals surface area contributed by atoms with Gasteiger partial charge in [0.1, 0.15) is 5.69 Å². The molecule has 0 aromatic heterocycles. The normalized spacial score (nSPS) is 11.2. The van der Waals surface area contributed by atoms with Gasteiger partial charge in [0.25, 0.3) is 0 Å². The van der Waals surface area contributed by atoms with E-state index in [0.717, 1.165) is 16.8 Å². The number of nitrogens with one attached hydrogen (secondary N) is 2. The van der Waals surface area contributed by atoms with E-state index in [0.29, 0.717) is 10.7 Å². The molecule has 5 nitrogen and oxygen atoms in total. The molecule has 19 heavy (non-hydrogen) atoms. The maximum atomic E-state index is 11.6. The highest BCUT2D eigenvalue weighted by atomic mass is 16.5. The minimum absolute atomic E-state index is 0.411.